The molecule has 18 heavy (non-hydrogen) atoms. The summed E-state index contributed by atoms with van der Waals surface area (Å²) in [7, 11) is 0. The van der Waals surface area contributed by atoms with E-state index >= 15 is 0 Å². The standard InChI is InChI=1S/C11H14N2O5/c1-2-18-11(17)9(6-14)13-10(16)7-3-8(15)5-12-4-7/h3-5,9,14-15H,2,6H2,1H3,(H,13,16)/t9-/m0/s1. The van der Waals surface area contributed by atoms with E-state index in [-0.39, 0.29) is 17.9 Å². The normalized spacial score (nSPS) is 11.7. The summed E-state index contributed by atoms with van der Waals surface area (Å²) in [4.78, 5) is 26.7. The summed E-state index contributed by atoms with van der Waals surface area (Å²) in [6, 6.07) is 0.0573. The van der Waals surface area contributed by atoms with Gasteiger partial charge in [0.1, 0.15) is 5.75 Å². The van der Waals surface area contributed by atoms with Crippen LogP contribution in [0.15, 0.2) is 18.5 Å². The van der Waals surface area contributed by atoms with E-state index in [1.165, 1.54) is 18.5 Å². The molecule has 7 nitrogen and oxygen atoms in total. The summed E-state index contributed by atoms with van der Waals surface area (Å²) in [6.07, 6.45) is 2.40. The zero-order valence-corrected chi connectivity index (χ0v) is 9.79. The number of rotatable bonds is 5. The van der Waals surface area contributed by atoms with E-state index in [4.69, 9.17) is 10.2 Å². The largest absolute Gasteiger partial charge is 0.506 e. The molecule has 0 saturated carbocycles. The lowest BCUT2D eigenvalue weighted by Gasteiger charge is -2.14. The number of aliphatic hydroxyl groups excluding tert-OH is 1. The third-order valence-corrected chi connectivity index (χ3v) is 2.05. The Labute approximate surface area is 103 Å². The van der Waals surface area contributed by atoms with Crippen molar-refractivity contribution in [2.24, 2.45) is 0 Å². The highest BCUT2D eigenvalue weighted by molar-refractivity contribution is 5.96. The molecule has 1 rings (SSSR count). The first-order valence-corrected chi connectivity index (χ1v) is 5.30. The summed E-state index contributed by atoms with van der Waals surface area (Å²) in [5.41, 5.74) is 0.0812. The van der Waals surface area contributed by atoms with E-state index in [0.29, 0.717) is 0 Å². The number of hydrogen-bond donors (Lipinski definition) is 3. The molecule has 3 N–H and O–H groups in total. The van der Waals surface area contributed by atoms with Gasteiger partial charge in [-0.25, -0.2) is 4.79 Å². The maximum Gasteiger partial charge on any atom is 0.331 e. The lowest BCUT2D eigenvalue weighted by Crippen LogP contribution is -2.44. The summed E-state index contributed by atoms with van der Waals surface area (Å²) in [6.45, 7) is 1.20. The molecule has 0 bridgehead atoms. The van der Waals surface area contributed by atoms with Crippen molar-refractivity contribution in [3.63, 3.8) is 0 Å². The van der Waals surface area contributed by atoms with Crippen LogP contribution in [-0.2, 0) is 9.53 Å². The maximum absolute atomic E-state index is 11.7. The average Bonchev–Trinajstić information content (AvgIpc) is 2.35. The minimum absolute atomic E-state index is 0.0812. The summed E-state index contributed by atoms with van der Waals surface area (Å²) in [5.74, 6) is -1.52. The number of aliphatic hydroxyl groups is 1. The van der Waals surface area contributed by atoms with Crippen LogP contribution < -0.4 is 5.32 Å². The molecule has 0 aliphatic carbocycles. The van der Waals surface area contributed by atoms with Gasteiger partial charge in [-0.15, -0.1) is 0 Å². The van der Waals surface area contributed by atoms with Crippen molar-refractivity contribution >= 4 is 11.9 Å². The van der Waals surface area contributed by atoms with Crippen molar-refractivity contribution in [2.75, 3.05) is 13.2 Å². The Morgan fingerprint density at radius 1 is 1.50 bits per heavy atom. The molecule has 7 heteroatoms. The fraction of sp³-hybridized carbons (Fsp3) is 0.364. The summed E-state index contributed by atoms with van der Waals surface area (Å²) < 4.78 is 4.68. The molecule has 0 spiro atoms. The van der Waals surface area contributed by atoms with Crippen LogP contribution in [0.3, 0.4) is 0 Å². The molecule has 0 saturated heterocycles. The van der Waals surface area contributed by atoms with E-state index in [2.05, 4.69) is 15.0 Å². The Morgan fingerprint density at radius 2 is 2.22 bits per heavy atom. The van der Waals surface area contributed by atoms with Gasteiger partial charge in [0.25, 0.3) is 5.91 Å². The van der Waals surface area contributed by atoms with Gasteiger partial charge >= 0.3 is 5.97 Å². The average molecular weight is 254 g/mol. The molecular formula is C11H14N2O5. The van der Waals surface area contributed by atoms with Crippen LogP contribution in [0.4, 0.5) is 0 Å². The molecule has 1 aromatic rings. The van der Waals surface area contributed by atoms with Crippen LogP contribution >= 0.6 is 0 Å². The zero-order valence-electron chi connectivity index (χ0n) is 9.79. The zero-order chi connectivity index (χ0) is 13.5. The molecule has 1 amide bonds. The van der Waals surface area contributed by atoms with Gasteiger partial charge in [-0.1, -0.05) is 0 Å². The number of aromatic nitrogens is 1. The minimum atomic E-state index is -1.14. The predicted octanol–water partition coefficient (Wildman–Crippen LogP) is -0.559. The van der Waals surface area contributed by atoms with Crippen LogP contribution in [0.1, 0.15) is 17.3 Å². The molecule has 1 heterocycles. The highest BCUT2D eigenvalue weighted by Crippen LogP contribution is 2.08. The lowest BCUT2D eigenvalue weighted by molar-refractivity contribution is -0.146. The number of pyridine rings is 1. The number of carbonyl (C=O) groups is 2. The van der Waals surface area contributed by atoms with Gasteiger partial charge in [0.05, 0.1) is 25.0 Å². The number of ether oxygens (including phenoxy) is 1. The van der Waals surface area contributed by atoms with Crippen molar-refractivity contribution in [1.29, 1.82) is 0 Å². The number of nitrogens with zero attached hydrogens (tertiary/aromatic N) is 1. The number of hydrogen-bond acceptors (Lipinski definition) is 6. The van der Waals surface area contributed by atoms with Crippen LogP contribution in [0, 0.1) is 0 Å². The van der Waals surface area contributed by atoms with Gasteiger partial charge in [0.2, 0.25) is 0 Å². The SMILES string of the molecule is CCOC(=O)[C@H](CO)NC(=O)c1cncc(O)c1. The number of carbonyl (C=O) groups excluding carboxylic acids is 2. The first-order chi connectivity index (χ1) is 8.58. The van der Waals surface area contributed by atoms with Gasteiger partial charge in [0.15, 0.2) is 6.04 Å². The number of amides is 1. The molecule has 0 unspecified atom stereocenters. The number of esters is 1. The molecule has 1 atom stereocenters. The van der Waals surface area contributed by atoms with Crippen LogP contribution in [0.25, 0.3) is 0 Å². The quantitative estimate of drug-likeness (QED) is 0.608. The first kappa shape index (κ1) is 13.9. The third kappa shape index (κ3) is 3.70. The Kier molecular flexibility index (Phi) is 5.06. The van der Waals surface area contributed by atoms with Crippen molar-refractivity contribution in [2.45, 2.75) is 13.0 Å². The Bertz CT molecular complexity index is 435. The molecule has 0 aromatic carbocycles. The van der Waals surface area contributed by atoms with Crippen LogP contribution in [0.2, 0.25) is 0 Å². The maximum atomic E-state index is 11.7. The second kappa shape index (κ2) is 6.55. The fourth-order valence-electron chi connectivity index (χ4n) is 1.22. The van der Waals surface area contributed by atoms with Gasteiger partial charge in [0, 0.05) is 6.20 Å². The lowest BCUT2D eigenvalue weighted by atomic mass is 10.2. The van der Waals surface area contributed by atoms with Gasteiger partial charge < -0.3 is 20.3 Å². The van der Waals surface area contributed by atoms with Crippen molar-refractivity contribution < 1.29 is 24.5 Å². The first-order valence-electron chi connectivity index (χ1n) is 5.30. The van der Waals surface area contributed by atoms with Gasteiger partial charge in [-0.2, -0.15) is 0 Å². The Balaban J connectivity index is 2.70. The molecule has 98 valence electrons. The number of nitrogens with one attached hydrogen (secondary N) is 1. The van der Waals surface area contributed by atoms with E-state index in [9.17, 15) is 9.59 Å². The second-order valence-corrected chi connectivity index (χ2v) is 3.39. The molecule has 0 fully saturated rings. The molecule has 1 aromatic heterocycles. The van der Waals surface area contributed by atoms with Crippen molar-refractivity contribution in [3.05, 3.63) is 24.0 Å². The number of aromatic hydroxyl groups is 1. The van der Waals surface area contributed by atoms with Crippen molar-refractivity contribution in [3.8, 4) is 5.75 Å². The molecule has 0 aliphatic heterocycles. The smallest absolute Gasteiger partial charge is 0.331 e. The van der Waals surface area contributed by atoms with Gasteiger partial charge in [-0.05, 0) is 13.0 Å². The molecule has 0 aliphatic rings. The minimum Gasteiger partial charge on any atom is -0.506 e. The van der Waals surface area contributed by atoms with E-state index in [1.54, 1.807) is 6.92 Å². The van der Waals surface area contributed by atoms with E-state index in [1.807, 2.05) is 0 Å². The monoisotopic (exact) mass is 254 g/mol. The topological polar surface area (TPSA) is 109 Å². The second-order valence-electron chi connectivity index (χ2n) is 3.39. The van der Waals surface area contributed by atoms with Crippen LogP contribution in [-0.4, -0.2) is 46.3 Å². The molecule has 0 radical (unpaired) electrons. The van der Waals surface area contributed by atoms with Crippen LogP contribution in [0.5, 0.6) is 5.75 Å². The summed E-state index contributed by atoms with van der Waals surface area (Å²) in [5, 5.41) is 20.4. The highest BCUT2D eigenvalue weighted by Gasteiger charge is 2.21. The van der Waals surface area contributed by atoms with Crippen molar-refractivity contribution in [1.82, 2.24) is 10.3 Å². The summed E-state index contributed by atoms with van der Waals surface area (Å²) >= 11 is 0. The highest BCUT2D eigenvalue weighted by atomic mass is 16.5. The Hall–Kier alpha value is -2.15. The third-order valence-electron chi connectivity index (χ3n) is 2.05. The predicted molar refractivity (Wildman–Crippen MR) is 60.9 cm³/mol. The molecular weight excluding hydrogens is 240 g/mol. The Morgan fingerprint density at radius 3 is 2.78 bits per heavy atom. The fourth-order valence-corrected chi connectivity index (χ4v) is 1.22. The van der Waals surface area contributed by atoms with Gasteiger partial charge in [-0.3, -0.25) is 9.78 Å². The van der Waals surface area contributed by atoms with E-state index < -0.39 is 24.5 Å². The van der Waals surface area contributed by atoms with E-state index in [0.717, 1.165) is 0 Å².